The van der Waals surface area contributed by atoms with Crippen LogP contribution in [0, 0.1) is 0 Å². The van der Waals surface area contributed by atoms with Crippen LogP contribution in [-0.2, 0) is 4.79 Å². The van der Waals surface area contributed by atoms with Crippen LogP contribution in [0.25, 0.3) is 0 Å². The fraction of sp³-hybridized carbons (Fsp3) is 0.917. The highest BCUT2D eigenvalue weighted by molar-refractivity contribution is 5.81. The lowest BCUT2D eigenvalue weighted by molar-refractivity contribution is -0.135. The predicted octanol–water partition coefficient (Wildman–Crippen LogP) is 0.946. The van der Waals surface area contributed by atoms with Crippen LogP contribution >= 0.6 is 0 Å². The van der Waals surface area contributed by atoms with Gasteiger partial charge in [-0.3, -0.25) is 9.69 Å². The van der Waals surface area contributed by atoms with Gasteiger partial charge in [0.15, 0.2) is 0 Å². The summed E-state index contributed by atoms with van der Waals surface area (Å²) in [4.78, 5) is 15.8. The molecule has 0 aliphatic rings. The molecule has 2 unspecified atom stereocenters. The molecule has 0 radical (unpaired) electrons. The maximum Gasteiger partial charge on any atom is 0.239 e. The molecule has 0 aromatic carbocycles. The summed E-state index contributed by atoms with van der Waals surface area (Å²) in [6, 6.07) is -0.0380. The minimum Gasteiger partial charge on any atom is -0.393 e. The predicted molar refractivity (Wildman–Crippen MR) is 66.3 cm³/mol. The lowest BCUT2D eigenvalue weighted by Crippen LogP contribution is -2.44. The largest absolute Gasteiger partial charge is 0.393 e. The molecule has 0 aliphatic carbocycles. The van der Waals surface area contributed by atoms with E-state index in [1.54, 1.807) is 18.9 Å². The molecule has 0 rings (SSSR count). The average Bonchev–Trinajstić information content (AvgIpc) is 2.20. The van der Waals surface area contributed by atoms with Crippen molar-refractivity contribution in [2.75, 3.05) is 27.7 Å². The maximum absolute atomic E-state index is 12.1. The SMILES string of the molecule is CCCC(C(=O)N(C)CCC(C)O)N(C)C. The van der Waals surface area contributed by atoms with Gasteiger partial charge in [0.1, 0.15) is 0 Å². The number of carbonyl (C=O) groups excluding carboxylic acids is 1. The molecule has 4 heteroatoms. The van der Waals surface area contributed by atoms with Gasteiger partial charge < -0.3 is 10.0 Å². The minimum atomic E-state index is -0.348. The van der Waals surface area contributed by atoms with Crippen molar-refractivity contribution in [3.8, 4) is 0 Å². The Hall–Kier alpha value is -0.610. The van der Waals surface area contributed by atoms with Crippen LogP contribution in [0.5, 0.6) is 0 Å². The average molecular weight is 230 g/mol. The van der Waals surface area contributed by atoms with Crippen molar-refractivity contribution in [2.45, 2.75) is 45.3 Å². The van der Waals surface area contributed by atoms with E-state index in [-0.39, 0.29) is 18.1 Å². The van der Waals surface area contributed by atoms with Gasteiger partial charge in [-0.05, 0) is 33.9 Å². The van der Waals surface area contributed by atoms with E-state index in [4.69, 9.17) is 0 Å². The molecule has 0 saturated carbocycles. The Morgan fingerprint density at radius 2 is 1.81 bits per heavy atom. The zero-order valence-corrected chi connectivity index (χ0v) is 11.2. The summed E-state index contributed by atoms with van der Waals surface area (Å²) in [5, 5.41) is 9.19. The summed E-state index contributed by atoms with van der Waals surface area (Å²) in [5.41, 5.74) is 0. The first-order valence-corrected chi connectivity index (χ1v) is 5.99. The van der Waals surface area contributed by atoms with E-state index in [0.717, 1.165) is 12.8 Å². The number of aliphatic hydroxyl groups is 1. The van der Waals surface area contributed by atoms with E-state index >= 15 is 0 Å². The van der Waals surface area contributed by atoms with Crippen molar-refractivity contribution in [3.63, 3.8) is 0 Å². The standard InChI is InChI=1S/C12H26N2O2/c1-6-7-11(13(3)4)12(16)14(5)9-8-10(2)15/h10-11,15H,6-9H2,1-5H3. The summed E-state index contributed by atoms with van der Waals surface area (Å²) in [5.74, 6) is 0.146. The lowest BCUT2D eigenvalue weighted by Gasteiger charge is -2.28. The molecule has 0 saturated heterocycles. The highest BCUT2D eigenvalue weighted by Gasteiger charge is 2.22. The molecule has 0 bridgehead atoms. The molecule has 0 aromatic heterocycles. The van der Waals surface area contributed by atoms with Crippen LogP contribution in [0.15, 0.2) is 0 Å². The van der Waals surface area contributed by atoms with E-state index in [0.29, 0.717) is 13.0 Å². The van der Waals surface area contributed by atoms with Crippen LogP contribution in [0.2, 0.25) is 0 Å². The van der Waals surface area contributed by atoms with Crippen molar-refractivity contribution in [3.05, 3.63) is 0 Å². The molecule has 16 heavy (non-hydrogen) atoms. The molecule has 0 aliphatic heterocycles. The third kappa shape index (κ3) is 5.47. The Balaban J connectivity index is 4.25. The normalized spacial score (nSPS) is 14.9. The molecular formula is C12H26N2O2. The molecule has 0 aromatic rings. The van der Waals surface area contributed by atoms with Crippen molar-refractivity contribution in [1.82, 2.24) is 9.80 Å². The first-order valence-electron chi connectivity index (χ1n) is 5.99. The molecule has 1 amide bonds. The molecule has 0 heterocycles. The Bertz CT molecular complexity index is 205. The molecular weight excluding hydrogens is 204 g/mol. The monoisotopic (exact) mass is 230 g/mol. The van der Waals surface area contributed by atoms with Crippen LogP contribution in [-0.4, -0.2) is 60.6 Å². The molecule has 4 nitrogen and oxygen atoms in total. The third-order valence-electron chi connectivity index (χ3n) is 2.73. The summed E-state index contributed by atoms with van der Waals surface area (Å²) >= 11 is 0. The van der Waals surface area contributed by atoms with Crippen molar-refractivity contribution < 1.29 is 9.90 Å². The number of aliphatic hydroxyl groups excluding tert-OH is 1. The zero-order chi connectivity index (χ0) is 12.7. The Morgan fingerprint density at radius 3 is 2.19 bits per heavy atom. The van der Waals surface area contributed by atoms with E-state index in [9.17, 15) is 9.90 Å². The number of nitrogens with zero attached hydrogens (tertiary/aromatic N) is 2. The number of hydrogen-bond donors (Lipinski definition) is 1. The summed E-state index contributed by atoms with van der Waals surface area (Å²) in [7, 11) is 5.67. The zero-order valence-electron chi connectivity index (χ0n) is 11.2. The minimum absolute atomic E-state index is 0.0380. The van der Waals surface area contributed by atoms with Crippen molar-refractivity contribution >= 4 is 5.91 Å². The van der Waals surface area contributed by atoms with Crippen molar-refractivity contribution in [1.29, 1.82) is 0 Å². The topological polar surface area (TPSA) is 43.8 Å². The summed E-state index contributed by atoms with van der Waals surface area (Å²) < 4.78 is 0. The number of amides is 1. The second-order valence-corrected chi connectivity index (χ2v) is 4.67. The molecule has 0 fully saturated rings. The van der Waals surface area contributed by atoms with E-state index in [2.05, 4.69) is 6.92 Å². The molecule has 1 N–H and O–H groups in total. The number of rotatable bonds is 7. The molecule has 2 atom stereocenters. The van der Waals surface area contributed by atoms with Gasteiger partial charge in [-0.1, -0.05) is 13.3 Å². The first kappa shape index (κ1) is 15.4. The maximum atomic E-state index is 12.1. The van der Waals surface area contributed by atoms with Crippen molar-refractivity contribution in [2.24, 2.45) is 0 Å². The number of carbonyl (C=O) groups is 1. The van der Waals surface area contributed by atoms with Crippen LogP contribution in [0.3, 0.4) is 0 Å². The van der Waals surface area contributed by atoms with E-state index in [1.807, 2.05) is 19.0 Å². The van der Waals surface area contributed by atoms with Crippen LogP contribution in [0.1, 0.15) is 33.1 Å². The molecule has 0 spiro atoms. The van der Waals surface area contributed by atoms with Gasteiger partial charge >= 0.3 is 0 Å². The van der Waals surface area contributed by atoms with E-state index in [1.165, 1.54) is 0 Å². The number of hydrogen-bond acceptors (Lipinski definition) is 3. The van der Waals surface area contributed by atoms with E-state index < -0.39 is 0 Å². The number of likely N-dealkylation sites (N-methyl/N-ethyl adjacent to an activating group) is 2. The van der Waals surface area contributed by atoms with Gasteiger partial charge in [0.2, 0.25) is 5.91 Å². The Labute approximate surface area is 99.2 Å². The second-order valence-electron chi connectivity index (χ2n) is 4.67. The smallest absolute Gasteiger partial charge is 0.239 e. The quantitative estimate of drug-likeness (QED) is 0.708. The highest BCUT2D eigenvalue weighted by Crippen LogP contribution is 2.07. The Morgan fingerprint density at radius 1 is 1.25 bits per heavy atom. The molecule has 96 valence electrons. The fourth-order valence-electron chi connectivity index (χ4n) is 1.62. The summed E-state index contributed by atoms with van der Waals surface area (Å²) in [6.45, 7) is 4.44. The van der Waals surface area contributed by atoms with Crippen LogP contribution in [0.4, 0.5) is 0 Å². The van der Waals surface area contributed by atoms with Gasteiger partial charge in [-0.15, -0.1) is 0 Å². The third-order valence-corrected chi connectivity index (χ3v) is 2.73. The van der Waals surface area contributed by atoms with Crippen LogP contribution < -0.4 is 0 Å². The van der Waals surface area contributed by atoms with Gasteiger partial charge in [-0.25, -0.2) is 0 Å². The van der Waals surface area contributed by atoms with Gasteiger partial charge in [0, 0.05) is 13.6 Å². The second kappa shape index (κ2) is 7.63. The van der Waals surface area contributed by atoms with Gasteiger partial charge in [0.25, 0.3) is 0 Å². The highest BCUT2D eigenvalue weighted by atomic mass is 16.3. The first-order chi connectivity index (χ1) is 7.40. The Kier molecular flexibility index (Phi) is 7.34. The van der Waals surface area contributed by atoms with Gasteiger partial charge in [0.05, 0.1) is 12.1 Å². The lowest BCUT2D eigenvalue weighted by atomic mass is 10.1. The fourth-order valence-corrected chi connectivity index (χ4v) is 1.62. The summed E-state index contributed by atoms with van der Waals surface area (Å²) in [6.07, 6.45) is 2.16. The van der Waals surface area contributed by atoms with Gasteiger partial charge in [-0.2, -0.15) is 0 Å².